The van der Waals surface area contributed by atoms with Gasteiger partial charge in [0.1, 0.15) is 18.2 Å². The molecule has 0 aliphatic heterocycles. The van der Waals surface area contributed by atoms with Crippen molar-refractivity contribution in [3.8, 4) is 5.75 Å². The second-order valence-electron chi connectivity index (χ2n) is 5.24. The van der Waals surface area contributed by atoms with E-state index >= 15 is 0 Å². The van der Waals surface area contributed by atoms with Crippen molar-refractivity contribution in [2.75, 3.05) is 5.43 Å². The zero-order valence-electron chi connectivity index (χ0n) is 13.4. The van der Waals surface area contributed by atoms with Crippen molar-refractivity contribution in [3.63, 3.8) is 0 Å². The molecule has 3 rings (SSSR count). The molecule has 1 aromatic heterocycles. The van der Waals surface area contributed by atoms with Gasteiger partial charge in [-0.1, -0.05) is 35.9 Å². The molecule has 7 heteroatoms. The second kappa shape index (κ2) is 8.09. The van der Waals surface area contributed by atoms with E-state index in [-0.39, 0.29) is 11.6 Å². The van der Waals surface area contributed by atoms with E-state index in [1.807, 2.05) is 30.5 Å². The molecule has 0 saturated carbocycles. The molecule has 0 radical (unpaired) electrons. The standard InChI is InChI=1S/C18H15ClFN3OS/c1-12-11-25-18(22-12)23-21-9-13-4-2-6-15(8-13)24-10-14-5-3-7-16(19)17(14)20/h2-9,11H,10H2,1H3,(H,22,23). The third-order valence-electron chi connectivity index (χ3n) is 3.28. The molecule has 2 aromatic carbocycles. The first-order valence-corrected chi connectivity index (χ1v) is 8.74. The van der Waals surface area contributed by atoms with Gasteiger partial charge in [-0.05, 0) is 30.7 Å². The highest BCUT2D eigenvalue weighted by Crippen LogP contribution is 2.20. The van der Waals surface area contributed by atoms with Crippen molar-refractivity contribution in [2.24, 2.45) is 5.10 Å². The molecule has 3 aromatic rings. The van der Waals surface area contributed by atoms with Crippen molar-refractivity contribution in [1.82, 2.24) is 4.98 Å². The lowest BCUT2D eigenvalue weighted by molar-refractivity contribution is 0.300. The van der Waals surface area contributed by atoms with E-state index < -0.39 is 5.82 Å². The molecule has 0 fully saturated rings. The maximum atomic E-state index is 13.9. The number of ether oxygens (including phenoxy) is 1. The fraction of sp³-hybridized carbons (Fsp3) is 0.111. The molecular weight excluding hydrogens is 361 g/mol. The van der Waals surface area contributed by atoms with Gasteiger partial charge in [0.05, 0.1) is 16.9 Å². The Morgan fingerprint density at radius 2 is 2.16 bits per heavy atom. The van der Waals surface area contributed by atoms with Crippen LogP contribution >= 0.6 is 22.9 Å². The van der Waals surface area contributed by atoms with E-state index in [0.717, 1.165) is 16.4 Å². The number of hydrogen-bond donors (Lipinski definition) is 1. The number of halogens is 2. The maximum Gasteiger partial charge on any atom is 0.203 e. The van der Waals surface area contributed by atoms with Crippen molar-refractivity contribution in [1.29, 1.82) is 0 Å². The molecule has 1 heterocycles. The Bertz CT molecular complexity index is 898. The van der Waals surface area contributed by atoms with Gasteiger partial charge < -0.3 is 4.74 Å². The molecule has 0 saturated heterocycles. The molecule has 128 valence electrons. The minimum absolute atomic E-state index is 0.0884. The van der Waals surface area contributed by atoms with Gasteiger partial charge in [0.2, 0.25) is 5.13 Å². The average Bonchev–Trinajstić information content (AvgIpc) is 3.02. The highest BCUT2D eigenvalue weighted by molar-refractivity contribution is 7.13. The van der Waals surface area contributed by atoms with Gasteiger partial charge in [-0.25, -0.2) is 9.37 Å². The first kappa shape index (κ1) is 17.4. The summed E-state index contributed by atoms with van der Waals surface area (Å²) < 4.78 is 19.5. The summed E-state index contributed by atoms with van der Waals surface area (Å²) in [6, 6.07) is 12.2. The lowest BCUT2D eigenvalue weighted by Gasteiger charge is -2.08. The summed E-state index contributed by atoms with van der Waals surface area (Å²) in [6.07, 6.45) is 1.67. The topological polar surface area (TPSA) is 46.5 Å². The van der Waals surface area contributed by atoms with Gasteiger partial charge in [0.25, 0.3) is 0 Å². The van der Waals surface area contributed by atoms with Crippen molar-refractivity contribution in [2.45, 2.75) is 13.5 Å². The summed E-state index contributed by atoms with van der Waals surface area (Å²) in [5.41, 5.74) is 5.09. The minimum atomic E-state index is -0.454. The first-order valence-electron chi connectivity index (χ1n) is 7.49. The largest absolute Gasteiger partial charge is 0.489 e. The van der Waals surface area contributed by atoms with Crippen LogP contribution in [-0.4, -0.2) is 11.2 Å². The third kappa shape index (κ3) is 4.78. The van der Waals surface area contributed by atoms with Crippen LogP contribution in [0.4, 0.5) is 9.52 Å². The van der Waals surface area contributed by atoms with Crippen molar-refractivity contribution < 1.29 is 9.13 Å². The maximum absolute atomic E-state index is 13.9. The summed E-state index contributed by atoms with van der Waals surface area (Å²) >= 11 is 7.26. The fourth-order valence-electron chi connectivity index (χ4n) is 2.07. The molecule has 1 N–H and O–H groups in total. The minimum Gasteiger partial charge on any atom is -0.489 e. The van der Waals surface area contributed by atoms with Gasteiger partial charge in [-0.3, -0.25) is 5.43 Å². The highest BCUT2D eigenvalue weighted by atomic mass is 35.5. The molecule has 0 spiro atoms. The lowest BCUT2D eigenvalue weighted by Crippen LogP contribution is -1.99. The van der Waals surface area contributed by atoms with E-state index in [1.165, 1.54) is 17.4 Å². The smallest absolute Gasteiger partial charge is 0.203 e. The van der Waals surface area contributed by atoms with Gasteiger partial charge in [-0.2, -0.15) is 5.10 Å². The average molecular weight is 376 g/mol. The number of nitrogens with zero attached hydrogens (tertiary/aromatic N) is 2. The number of thiazole rings is 1. The van der Waals surface area contributed by atoms with Crippen molar-refractivity contribution in [3.05, 3.63) is 75.5 Å². The summed E-state index contributed by atoms with van der Waals surface area (Å²) in [5.74, 6) is 0.165. The summed E-state index contributed by atoms with van der Waals surface area (Å²) in [5, 5.41) is 6.92. The van der Waals surface area contributed by atoms with Crippen LogP contribution in [0.5, 0.6) is 5.75 Å². The predicted octanol–water partition coefficient (Wildman–Crippen LogP) is 5.27. The zero-order valence-corrected chi connectivity index (χ0v) is 14.9. The van der Waals surface area contributed by atoms with Crippen LogP contribution in [0.15, 0.2) is 52.9 Å². The SMILES string of the molecule is Cc1csc(NN=Cc2cccc(OCc3cccc(Cl)c3F)c2)n1. The molecule has 0 aliphatic rings. The van der Waals surface area contributed by atoms with Crippen LogP contribution in [0.3, 0.4) is 0 Å². The first-order chi connectivity index (χ1) is 12.1. The van der Waals surface area contributed by atoms with Crippen LogP contribution < -0.4 is 10.2 Å². The Hall–Kier alpha value is -2.44. The summed E-state index contributed by atoms with van der Waals surface area (Å²) in [7, 11) is 0. The molecule has 4 nitrogen and oxygen atoms in total. The molecule has 0 amide bonds. The van der Waals surface area contributed by atoms with Crippen LogP contribution in [0.25, 0.3) is 0 Å². The van der Waals surface area contributed by atoms with Gasteiger partial charge in [0.15, 0.2) is 0 Å². The third-order valence-corrected chi connectivity index (χ3v) is 4.43. The Morgan fingerprint density at radius 1 is 1.32 bits per heavy atom. The van der Waals surface area contributed by atoms with E-state index in [2.05, 4.69) is 15.5 Å². The number of rotatable bonds is 6. The Morgan fingerprint density at radius 3 is 2.96 bits per heavy atom. The predicted molar refractivity (Wildman–Crippen MR) is 100 cm³/mol. The Labute approximate surface area is 153 Å². The molecule has 25 heavy (non-hydrogen) atoms. The van der Waals surface area contributed by atoms with Crippen LogP contribution in [0.1, 0.15) is 16.8 Å². The monoisotopic (exact) mass is 375 g/mol. The van der Waals surface area contributed by atoms with Crippen LogP contribution in [0.2, 0.25) is 5.02 Å². The molecule has 0 unspecified atom stereocenters. The Kier molecular flexibility index (Phi) is 5.63. The van der Waals surface area contributed by atoms with Gasteiger partial charge in [0, 0.05) is 10.9 Å². The van der Waals surface area contributed by atoms with Crippen molar-refractivity contribution >= 4 is 34.3 Å². The number of benzene rings is 2. The Balaban J connectivity index is 1.62. The number of aryl methyl sites for hydroxylation is 1. The number of aromatic nitrogens is 1. The molecule has 0 bridgehead atoms. The highest BCUT2D eigenvalue weighted by Gasteiger charge is 2.06. The van der Waals surface area contributed by atoms with E-state index in [0.29, 0.717) is 11.3 Å². The fourth-order valence-corrected chi connectivity index (χ4v) is 2.90. The number of anilines is 1. The lowest BCUT2D eigenvalue weighted by atomic mass is 10.2. The van der Waals surface area contributed by atoms with E-state index in [1.54, 1.807) is 24.4 Å². The van der Waals surface area contributed by atoms with E-state index in [9.17, 15) is 4.39 Å². The summed E-state index contributed by atoms with van der Waals surface area (Å²) in [4.78, 5) is 4.26. The quantitative estimate of drug-likeness (QED) is 0.471. The molecule has 0 aliphatic carbocycles. The van der Waals surface area contributed by atoms with E-state index in [4.69, 9.17) is 16.3 Å². The zero-order chi connectivity index (χ0) is 17.6. The number of hydrazone groups is 1. The van der Waals surface area contributed by atoms with Gasteiger partial charge >= 0.3 is 0 Å². The van der Waals surface area contributed by atoms with Crippen LogP contribution in [0, 0.1) is 12.7 Å². The van der Waals surface area contributed by atoms with Gasteiger partial charge in [-0.15, -0.1) is 11.3 Å². The summed E-state index contributed by atoms with van der Waals surface area (Å²) in [6.45, 7) is 2.03. The molecular formula is C18H15ClFN3OS. The molecule has 0 atom stereocenters. The number of hydrogen-bond acceptors (Lipinski definition) is 5. The normalized spacial score (nSPS) is 11.0. The number of nitrogens with one attached hydrogen (secondary N) is 1. The van der Waals surface area contributed by atoms with Crippen LogP contribution in [-0.2, 0) is 6.61 Å². The second-order valence-corrected chi connectivity index (χ2v) is 6.50.